The number of hydrogen-bond acceptors (Lipinski definition) is 5. The Morgan fingerprint density at radius 2 is 2.24 bits per heavy atom. The zero-order chi connectivity index (χ0) is 16.5. The van der Waals surface area contributed by atoms with Gasteiger partial charge in [-0.05, 0) is 31.5 Å². The SMILES string of the molecule is Cl.O=C(Cn1cnc2c(oc3ccccc32)c1=O)NC1CCCNC1. The third-order valence-corrected chi connectivity index (χ3v) is 4.33. The molecule has 0 spiro atoms. The fourth-order valence-corrected chi connectivity index (χ4v) is 3.13. The number of carbonyl (C=O) groups is 1. The second kappa shape index (κ2) is 7.25. The molecule has 2 N–H and O–H groups in total. The van der Waals surface area contributed by atoms with E-state index in [0.29, 0.717) is 11.1 Å². The van der Waals surface area contributed by atoms with Crippen molar-refractivity contribution < 1.29 is 9.21 Å². The summed E-state index contributed by atoms with van der Waals surface area (Å²) in [6, 6.07) is 7.49. The molecule has 3 heterocycles. The number of aromatic nitrogens is 2. The fourth-order valence-electron chi connectivity index (χ4n) is 3.13. The van der Waals surface area contributed by atoms with E-state index in [1.54, 1.807) is 6.07 Å². The van der Waals surface area contributed by atoms with Crippen molar-refractivity contribution >= 4 is 40.4 Å². The number of amides is 1. The van der Waals surface area contributed by atoms with Gasteiger partial charge in [0.1, 0.15) is 17.6 Å². The van der Waals surface area contributed by atoms with E-state index >= 15 is 0 Å². The molecule has 132 valence electrons. The molecule has 8 heteroatoms. The molecule has 2 aromatic heterocycles. The molecule has 3 aromatic rings. The lowest BCUT2D eigenvalue weighted by Gasteiger charge is -2.23. The van der Waals surface area contributed by atoms with Crippen LogP contribution in [0.4, 0.5) is 0 Å². The minimum Gasteiger partial charge on any atom is -0.448 e. The van der Waals surface area contributed by atoms with Gasteiger partial charge in [-0.3, -0.25) is 14.2 Å². The molecule has 1 atom stereocenters. The highest BCUT2D eigenvalue weighted by atomic mass is 35.5. The Bertz CT molecular complexity index is 959. The van der Waals surface area contributed by atoms with Crippen molar-refractivity contribution in [3.8, 4) is 0 Å². The third-order valence-electron chi connectivity index (χ3n) is 4.33. The predicted octanol–water partition coefficient (Wildman–Crippen LogP) is 1.43. The number of nitrogens with zero attached hydrogens (tertiary/aromatic N) is 2. The second-order valence-electron chi connectivity index (χ2n) is 6.06. The van der Waals surface area contributed by atoms with E-state index in [0.717, 1.165) is 31.3 Å². The third kappa shape index (κ3) is 3.38. The maximum Gasteiger partial charge on any atom is 0.297 e. The van der Waals surface area contributed by atoms with Gasteiger partial charge < -0.3 is 15.1 Å². The summed E-state index contributed by atoms with van der Waals surface area (Å²) in [7, 11) is 0. The normalized spacial score (nSPS) is 17.4. The Morgan fingerprint density at radius 1 is 1.40 bits per heavy atom. The first-order chi connectivity index (χ1) is 11.7. The summed E-state index contributed by atoms with van der Waals surface area (Å²) >= 11 is 0. The van der Waals surface area contributed by atoms with Gasteiger partial charge in [0, 0.05) is 18.0 Å². The number of nitrogens with one attached hydrogen (secondary N) is 2. The summed E-state index contributed by atoms with van der Waals surface area (Å²) < 4.78 is 6.91. The molecule has 1 amide bonds. The molecule has 1 unspecified atom stereocenters. The van der Waals surface area contributed by atoms with E-state index in [9.17, 15) is 9.59 Å². The summed E-state index contributed by atoms with van der Waals surface area (Å²) in [4.78, 5) is 29.1. The second-order valence-corrected chi connectivity index (χ2v) is 6.06. The van der Waals surface area contributed by atoms with Crippen LogP contribution in [0.3, 0.4) is 0 Å². The van der Waals surface area contributed by atoms with Crippen LogP contribution in [0, 0.1) is 0 Å². The van der Waals surface area contributed by atoms with E-state index < -0.39 is 0 Å². The number of furan rings is 1. The number of halogens is 1. The summed E-state index contributed by atoms with van der Waals surface area (Å²) in [6.45, 7) is 1.69. The van der Waals surface area contributed by atoms with Crippen molar-refractivity contribution in [2.24, 2.45) is 0 Å². The summed E-state index contributed by atoms with van der Waals surface area (Å²) in [6.07, 6.45) is 3.40. The van der Waals surface area contributed by atoms with Crippen molar-refractivity contribution in [2.45, 2.75) is 25.4 Å². The van der Waals surface area contributed by atoms with Gasteiger partial charge in [0.05, 0.1) is 6.33 Å². The molecule has 0 radical (unpaired) electrons. The Labute approximate surface area is 149 Å². The predicted molar refractivity (Wildman–Crippen MR) is 97.1 cm³/mol. The van der Waals surface area contributed by atoms with Crippen LogP contribution in [0.2, 0.25) is 0 Å². The molecule has 1 aromatic carbocycles. The highest BCUT2D eigenvalue weighted by molar-refractivity contribution is 6.01. The molecular weight excluding hydrogens is 344 g/mol. The lowest BCUT2D eigenvalue weighted by atomic mass is 10.1. The molecule has 25 heavy (non-hydrogen) atoms. The first kappa shape index (κ1) is 17.4. The highest BCUT2D eigenvalue weighted by Crippen LogP contribution is 2.23. The van der Waals surface area contributed by atoms with E-state index in [4.69, 9.17) is 4.42 Å². The van der Waals surface area contributed by atoms with Gasteiger partial charge in [-0.25, -0.2) is 4.98 Å². The Hall–Kier alpha value is -2.38. The van der Waals surface area contributed by atoms with Crippen LogP contribution in [-0.2, 0) is 11.3 Å². The lowest BCUT2D eigenvalue weighted by molar-refractivity contribution is -0.122. The summed E-state index contributed by atoms with van der Waals surface area (Å²) in [5.41, 5.74) is 0.996. The first-order valence-electron chi connectivity index (χ1n) is 8.09. The van der Waals surface area contributed by atoms with Crippen molar-refractivity contribution in [2.75, 3.05) is 13.1 Å². The van der Waals surface area contributed by atoms with Crippen molar-refractivity contribution in [3.05, 3.63) is 40.9 Å². The first-order valence-corrected chi connectivity index (χ1v) is 8.09. The largest absolute Gasteiger partial charge is 0.448 e. The molecule has 4 rings (SSSR count). The number of carbonyl (C=O) groups excluding carboxylic acids is 1. The number of piperidine rings is 1. The number of rotatable bonds is 3. The molecule has 1 aliphatic rings. The summed E-state index contributed by atoms with van der Waals surface area (Å²) in [5, 5.41) is 6.99. The van der Waals surface area contributed by atoms with Gasteiger partial charge in [-0.15, -0.1) is 12.4 Å². The lowest BCUT2D eigenvalue weighted by Crippen LogP contribution is -2.47. The van der Waals surface area contributed by atoms with Crippen LogP contribution in [0.5, 0.6) is 0 Å². The van der Waals surface area contributed by atoms with Gasteiger partial charge in [-0.1, -0.05) is 12.1 Å². The minimum absolute atomic E-state index is 0. The van der Waals surface area contributed by atoms with Gasteiger partial charge >= 0.3 is 0 Å². The van der Waals surface area contributed by atoms with E-state index in [2.05, 4.69) is 15.6 Å². The molecule has 0 saturated carbocycles. The van der Waals surface area contributed by atoms with Crippen LogP contribution in [0.25, 0.3) is 22.1 Å². The minimum atomic E-state index is -0.340. The molecule has 7 nitrogen and oxygen atoms in total. The Balaban J connectivity index is 0.00000182. The van der Waals surface area contributed by atoms with Gasteiger partial charge in [-0.2, -0.15) is 0 Å². The number of para-hydroxylation sites is 1. The van der Waals surface area contributed by atoms with Crippen LogP contribution >= 0.6 is 12.4 Å². The van der Waals surface area contributed by atoms with Crippen LogP contribution in [-0.4, -0.2) is 34.6 Å². The molecule has 0 aliphatic carbocycles. The Kier molecular flexibility index (Phi) is 5.06. The number of benzene rings is 1. The quantitative estimate of drug-likeness (QED) is 0.735. The van der Waals surface area contributed by atoms with Crippen LogP contribution < -0.4 is 16.2 Å². The number of hydrogen-bond donors (Lipinski definition) is 2. The van der Waals surface area contributed by atoms with Gasteiger partial charge in [0.2, 0.25) is 11.5 Å². The zero-order valence-corrected chi connectivity index (χ0v) is 14.3. The maximum atomic E-state index is 12.6. The average molecular weight is 363 g/mol. The monoisotopic (exact) mass is 362 g/mol. The van der Waals surface area contributed by atoms with Crippen LogP contribution in [0.15, 0.2) is 39.8 Å². The topological polar surface area (TPSA) is 89.2 Å². The van der Waals surface area contributed by atoms with E-state index in [1.165, 1.54) is 10.9 Å². The molecule has 0 bridgehead atoms. The zero-order valence-electron chi connectivity index (χ0n) is 13.5. The molecule has 1 aliphatic heterocycles. The van der Waals surface area contributed by atoms with Crippen molar-refractivity contribution in [1.82, 2.24) is 20.2 Å². The van der Waals surface area contributed by atoms with Crippen LogP contribution in [0.1, 0.15) is 12.8 Å². The number of fused-ring (bicyclic) bond motifs is 3. The summed E-state index contributed by atoms with van der Waals surface area (Å²) in [5.74, 6) is -0.192. The van der Waals surface area contributed by atoms with Gasteiger partial charge in [0.25, 0.3) is 5.56 Å². The maximum absolute atomic E-state index is 12.6. The molecule has 1 fully saturated rings. The standard InChI is InChI=1S/C17H18N4O3.ClH/c22-14(20-11-4-3-7-18-8-11)9-21-10-19-15-12-5-1-2-6-13(12)24-16(15)17(21)23;/h1-2,5-6,10-11,18H,3-4,7-9H2,(H,20,22);1H. The fraction of sp³-hybridized carbons (Fsp3) is 0.353. The smallest absolute Gasteiger partial charge is 0.297 e. The van der Waals surface area contributed by atoms with E-state index in [1.807, 2.05) is 18.2 Å². The van der Waals surface area contributed by atoms with Gasteiger partial charge in [0.15, 0.2) is 0 Å². The Morgan fingerprint density at radius 3 is 3.04 bits per heavy atom. The average Bonchev–Trinajstić information content (AvgIpc) is 2.98. The van der Waals surface area contributed by atoms with Crippen molar-refractivity contribution in [1.29, 1.82) is 0 Å². The highest BCUT2D eigenvalue weighted by Gasteiger charge is 2.17. The van der Waals surface area contributed by atoms with Crippen molar-refractivity contribution in [3.63, 3.8) is 0 Å². The molecule has 1 saturated heterocycles. The molecular formula is C17H19ClN4O3. The van der Waals surface area contributed by atoms with E-state index in [-0.39, 0.29) is 42.0 Å².